The highest BCUT2D eigenvalue weighted by molar-refractivity contribution is 5.21. The van der Waals surface area contributed by atoms with E-state index in [0.717, 1.165) is 19.0 Å². The van der Waals surface area contributed by atoms with Crippen molar-refractivity contribution in [3.8, 4) is 12.3 Å². The first-order valence-corrected chi connectivity index (χ1v) is 5.30. The summed E-state index contributed by atoms with van der Waals surface area (Å²) < 4.78 is 25.8. The van der Waals surface area contributed by atoms with Crippen LogP contribution in [0, 0.1) is 24.0 Å². The minimum Gasteiger partial charge on any atom is -0.303 e. The Morgan fingerprint density at radius 3 is 2.44 bits per heavy atom. The van der Waals surface area contributed by atoms with Gasteiger partial charge in [0.15, 0.2) is 0 Å². The molecule has 1 atom stereocenters. The second-order valence-corrected chi connectivity index (χ2v) is 3.66. The molecule has 0 saturated carbocycles. The summed E-state index contributed by atoms with van der Waals surface area (Å²) in [5.74, 6) is 1.43. The number of terminal acetylenes is 1. The molecule has 0 fully saturated rings. The maximum atomic E-state index is 12.9. The van der Waals surface area contributed by atoms with Gasteiger partial charge < -0.3 is 5.32 Å². The van der Waals surface area contributed by atoms with Crippen molar-refractivity contribution in [2.75, 3.05) is 6.54 Å². The first kappa shape index (κ1) is 12.7. The first-order chi connectivity index (χ1) is 7.65. The molecule has 1 nitrogen and oxygen atoms in total. The average molecular weight is 223 g/mol. The molecular formula is C13H15F2N. The molecule has 16 heavy (non-hydrogen) atoms. The van der Waals surface area contributed by atoms with Crippen molar-refractivity contribution in [1.82, 2.24) is 5.32 Å². The third kappa shape index (κ3) is 4.00. The van der Waals surface area contributed by atoms with E-state index in [1.165, 1.54) is 12.1 Å². The fourth-order valence-electron chi connectivity index (χ4n) is 1.47. The Morgan fingerprint density at radius 1 is 1.31 bits per heavy atom. The number of nitrogens with one attached hydrogen (secondary N) is 1. The van der Waals surface area contributed by atoms with Crippen molar-refractivity contribution in [2.24, 2.45) is 0 Å². The number of hydrogen-bond donors (Lipinski definition) is 1. The van der Waals surface area contributed by atoms with E-state index in [9.17, 15) is 8.78 Å². The van der Waals surface area contributed by atoms with Crippen LogP contribution in [-0.2, 0) is 6.42 Å². The lowest BCUT2D eigenvalue weighted by atomic mass is 10.1. The van der Waals surface area contributed by atoms with E-state index in [0.29, 0.717) is 12.0 Å². The van der Waals surface area contributed by atoms with Gasteiger partial charge >= 0.3 is 0 Å². The molecule has 1 rings (SSSR count). The number of rotatable bonds is 5. The second-order valence-electron chi connectivity index (χ2n) is 3.66. The summed E-state index contributed by atoms with van der Waals surface area (Å²) in [6.45, 7) is 2.83. The summed E-state index contributed by atoms with van der Waals surface area (Å²) in [4.78, 5) is 0. The van der Waals surface area contributed by atoms with Gasteiger partial charge in [0.05, 0.1) is 6.04 Å². The quantitative estimate of drug-likeness (QED) is 0.756. The van der Waals surface area contributed by atoms with Crippen LogP contribution in [0.5, 0.6) is 0 Å². The van der Waals surface area contributed by atoms with Crippen LogP contribution in [0.25, 0.3) is 0 Å². The summed E-state index contributed by atoms with van der Waals surface area (Å²) >= 11 is 0. The molecule has 0 bridgehead atoms. The molecule has 1 aromatic carbocycles. The Morgan fingerprint density at radius 2 is 1.94 bits per heavy atom. The molecule has 0 spiro atoms. The van der Waals surface area contributed by atoms with Gasteiger partial charge in [-0.05, 0) is 37.1 Å². The van der Waals surface area contributed by atoms with Crippen molar-refractivity contribution in [1.29, 1.82) is 0 Å². The number of halogens is 2. The highest BCUT2D eigenvalue weighted by atomic mass is 19.1. The van der Waals surface area contributed by atoms with Crippen molar-refractivity contribution in [3.05, 3.63) is 35.4 Å². The molecule has 0 amide bonds. The molecule has 0 saturated heterocycles. The highest BCUT2D eigenvalue weighted by Gasteiger charge is 2.07. The smallest absolute Gasteiger partial charge is 0.126 e. The summed E-state index contributed by atoms with van der Waals surface area (Å²) in [6, 6.07) is 3.29. The summed E-state index contributed by atoms with van der Waals surface area (Å²) in [5, 5.41) is 3.13. The van der Waals surface area contributed by atoms with Gasteiger partial charge in [-0.3, -0.25) is 0 Å². The monoisotopic (exact) mass is 223 g/mol. The van der Waals surface area contributed by atoms with Crippen LogP contribution in [0.15, 0.2) is 18.2 Å². The van der Waals surface area contributed by atoms with Gasteiger partial charge in [0.1, 0.15) is 11.6 Å². The predicted molar refractivity (Wildman–Crippen MR) is 61.0 cm³/mol. The van der Waals surface area contributed by atoms with Crippen LogP contribution in [0.2, 0.25) is 0 Å². The largest absolute Gasteiger partial charge is 0.303 e. The van der Waals surface area contributed by atoms with E-state index in [1.807, 2.05) is 6.92 Å². The van der Waals surface area contributed by atoms with Crippen LogP contribution >= 0.6 is 0 Å². The molecular weight excluding hydrogens is 208 g/mol. The van der Waals surface area contributed by atoms with Crippen LogP contribution in [0.1, 0.15) is 18.9 Å². The van der Waals surface area contributed by atoms with Crippen molar-refractivity contribution >= 4 is 0 Å². The Bertz CT molecular complexity index is 362. The van der Waals surface area contributed by atoms with Crippen LogP contribution in [0.3, 0.4) is 0 Å². The molecule has 0 aliphatic heterocycles. The fraction of sp³-hybridized carbons (Fsp3) is 0.385. The lowest BCUT2D eigenvalue weighted by Crippen LogP contribution is -2.30. The molecule has 0 heterocycles. The van der Waals surface area contributed by atoms with Gasteiger partial charge in [-0.25, -0.2) is 8.78 Å². The van der Waals surface area contributed by atoms with E-state index < -0.39 is 11.6 Å². The minimum absolute atomic E-state index is 0.179. The third-order valence-electron chi connectivity index (χ3n) is 2.20. The fourth-order valence-corrected chi connectivity index (χ4v) is 1.47. The summed E-state index contributed by atoms with van der Waals surface area (Å²) in [7, 11) is 0. The van der Waals surface area contributed by atoms with Gasteiger partial charge in [0.25, 0.3) is 0 Å². The zero-order valence-corrected chi connectivity index (χ0v) is 9.26. The topological polar surface area (TPSA) is 12.0 Å². The van der Waals surface area contributed by atoms with Crippen molar-refractivity contribution in [2.45, 2.75) is 25.8 Å². The van der Waals surface area contributed by atoms with Gasteiger partial charge in [-0.2, -0.15) is 0 Å². The predicted octanol–water partition coefficient (Wildman–Crippen LogP) is 2.51. The molecule has 1 N–H and O–H groups in total. The Labute approximate surface area is 94.9 Å². The first-order valence-electron chi connectivity index (χ1n) is 5.30. The SMILES string of the molecule is C#CC(Cc1cc(F)cc(F)c1)NCCC. The Kier molecular flexibility index (Phi) is 4.94. The van der Waals surface area contributed by atoms with Gasteiger partial charge in [-0.15, -0.1) is 6.42 Å². The number of benzene rings is 1. The molecule has 86 valence electrons. The second kappa shape index (κ2) is 6.24. The lowest BCUT2D eigenvalue weighted by molar-refractivity contribution is 0.568. The molecule has 3 heteroatoms. The third-order valence-corrected chi connectivity index (χ3v) is 2.20. The van der Waals surface area contributed by atoms with E-state index in [-0.39, 0.29) is 6.04 Å². The van der Waals surface area contributed by atoms with Crippen LogP contribution < -0.4 is 5.32 Å². The summed E-state index contributed by atoms with van der Waals surface area (Å²) in [5.41, 5.74) is 0.573. The molecule has 1 unspecified atom stereocenters. The molecule has 0 radical (unpaired) electrons. The zero-order valence-electron chi connectivity index (χ0n) is 9.26. The number of hydrogen-bond acceptors (Lipinski definition) is 1. The molecule has 1 aromatic rings. The minimum atomic E-state index is -0.568. The lowest BCUT2D eigenvalue weighted by Gasteiger charge is -2.12. The molecule has 0 aromatic heterocycles. The maximum Gasteiger partial charge on any atom is 0.126 e. The van der Waals surface area contributed by atoms with Gasteiger partial charge in [-0.1, -0.05) is 12.8 Å². The zero-order chi connectivity index (χ0) is 12.0. The highest BCUT2D eigenvalue weighted by Crippen LogP contribution is 2.10. The van der Waals surface area contributed by atoms with E-state index in [2.05, 4.69) is 11.2 Å². The summed E-state index contributed by atoms with van der Waals surface area (Å²) in [6.07, 6.45) is 6.74. The normalized spacial score (nSPS) is 12.1. The Balaban J connectivity index is 2.67. The Hall–Kier alpha value is -1.40. The van der Waals surface area contributed by atoms with Crippen molar-refractivity contribution < 1.29 is 8.78 Å². The maximum absolute atomic E-state index is 12.9. The standard InChI is InChI=1S/C13H15F2N/c1-3-5-16-13(4-2)8-10-6-11(14)9-12(15)7-10/h2,6-7,9,13,16H,3,5,8H2,1H3. The van der Waals surface area contributed by atoms with E-state index in [4.69, 9.17) is 6.42 Å². The average Bonchev–Trinajstić information content (AvgIpc) is 2.22. The van der Waals surface area contributed by atoms with E-state index in [1.54, 1.807) is 0 Å². The van der Waals surface area contributed by atoms with E-state index >= 15 is 0 Å². The van der Waals surface area contributed by atoms with Gasteiger partial charge in [0, 0.05) is 6.07 Å². The van der Waals surface area contributed by atoms with Crippen molar-refractivity contribution in [3.63, 3.8) is 0 Å². The van der Waals surface area contributed by atoms with Crippen LogP contribution in [0.4, 0.5) is 8.78 Å². The molecule has 0 aliphatic carbocycles. The molecule has 0 aliphatic rings. The van der Waals surface area contributed by atoms with Gasteiger partial charge in [0.2, 0.25) is 0 Å². The van der Waals surface area contributed by atoms with Crippen LogP contribution in [-0.4, -0.2) is 12.6 Å².